The normalized spacial score (nSPS) is 14.9. The fraction of sp³-hybridized carbons (Fsp3) is 0.133. The molecule has 0 bridgehead atoms. The predicted molar refractivity (Wildman–Crippen MR) is 199 cm³/mol. The Morgan fingerprint density at radius 2 is 0.980 bits per heavy atom. The highest BCUT2D eigenvalue weighted by Crippen LogP contribution is 2.52. The van der Waals surface area contributed by atoms with Crippen LogP contribution < -0.4 is 0 Å². The van der Waals surface area contributed by atoms with Crippen LogP contribution in [-0.2, 0) is 10.8 Å². The number of hydrogen-bond acceptors (Lipinski definition) is 4. The third-order valence-corrected chi connectivity index (χ3v) is 10.9. The van der Waals surface area contributed by atoms with Crippen LogP contribution in [0.1, 0.15) is 49.9 Å². The van der Waals surface area contributed by atoms with Crippen LogP contribution in [0.3, 0.4) is 0 Å². The van der Waals surface area contributed by atoms with Crippen LogP contribution in [0.25, 0.3) is 78.4 Å². The Hall–Kier alpha value is -5.87. The van der Waals surface area contributed by atoms with Crippen molar-refractivity contribution >= 4 is 21.9 Å². The Morgan fingerprint density at radius 3 is 1.71 bits per heavy atom. The minimum absolute atomic E-state index is 0.110. The van der Waals surface area contributed by atoms with E-state index in [0.29, 0.717) is 17.5 Å². The van der Waals surface area contributed by atoms with Crippen LogP contribution in [0.5, 0.6) is 0 Å². The lowest BCUT2D eigenvalue weighted by molar-refractivity contribution is 0.647. The minimum Gasteiger partial charge on any atom is -0.456 e. The van der Waals surface area contributed by atoms with Crippen LogP contribution in [0, 0.1) is 0 Å². The maximum absolute atomic E-state index is 6.59. The van der Waals surface area contributed by atoms with E-state index >= 15 is 0 Å². The number of rotatable bonds is 3. The molecule has 2 aliphatic rings. The Balaban J connectivity index is 1.20. The molecule has 0 N–H and O–H groups in total. The summed E-state index contributed by atoms with van der Waals surface area (Å²) in [6.45, 7) is 9.20. The number of furan rings is 1. The van der Waals surface area contributed by atoms with Crippen LogP contribution >= 0.6 is 0 Å². The lowest BCUT2D eigenvalue weighted by Crippen LogP contribution is -2.15. The Morgan fingerprint density at radius 1 is 0.408 bits per heavy atom. The fourth-order valence-electron chi connectivity index (χ4n) is 8.39. The molecule has 8 aromatic rings. The molecule has 0 aliphatic heterocycles. The highest BCUT2D eigenvalue weighted by atomic mass is 16.3. The van der Waals surface area contributed by atoms with Crippen molar-refractivity contribution < 1.29 is 4.42 Å². The molecule has 4 heteroatoms. The lowest BCUT2D eigenvalue weighted by Gasteiger charge is -2.21. The molecule has 0 saturated carbocycles. The zero-order valence-corrected chi connectivity index (χ0v) is 27.9. The first-order valence-electron chi connectivity index (χ1n) is 17.0. The topological polar surface area (TPSA) is 51.8 Å². The van der Waals surface area contributed by atoms with E-state index in [1.54, 1.807) is 0 Å². The molecule has 0 atom stereocenters. The maximum Gasteiger partial charge on any atom is 0.164 e. The summed E-state index contributed by atoms with van der Waals surface area (Å²) in [6, 6.07) is 45.1. The van der Waals surface area contributed by atoms with Crippen molar-refractivity contribution in [2.75, 3.05) is 0 Å². The van der Waals surface area contributed by atoms with E-state index in [-0.39, 0.29) is 10.8 Å². The predicted octanol–water partition coefficient (Wildman–Crippen LogP) is 11.4. The molecule has 6 aromatic carbocycles. The van der Waals surface area contributed by atoms with Gasteiger partial charge >= 0.3 is 0 Å². The van der Waals surface area contributed by atoms with Crippen LogP contribution in [0.2, 0.25) is 0 Å². The quantitative estimate of drug-likeness (QED) is 0.195. The first-order chi connectivity index (χ1) is 23.8. The van der Waals surface area contributed by atoms with Gasteiger partial charge in [0.1, 0.15) is 11.2 Å². The molecule has 0 spiro atoms. The summed E-state index contributed by atoms with van der Waals surface area (Å²) in [5.41, 5.74) is 14.7. The first-order valence-corrected chi connectivity index (χ1v) is 17.0. The lowest BCUT2D eigenvalue weighted by atomic mass is 9.82. The van der Waals surface area contributed by atoms with Gasteiger partial charge in [0.25, 0.3) is 0 Å². The molecule has 10 rings (SSSR count). The molecular weight excluding hydrogens is 599 g/mol. The average molecular weight is 632 g/mol. The second kappa shape index (κ2) is 9.83. The van der Waals surface area contributed by atoms with Gasteiger partial charge < -0.3 is 4.42 Å². The van der Waals surface area contributed by atoms with Crippen molar-refractivity contribution in [1.29, 1.82) is 0 Å². The molecule has 0 saturated heterocycles. The summed E-state index contributed by atoms with van der Waals surface area (Å²) in [6.07, 6.45) is 0. The van der Waals surface area contributed by atoms with E-state index in [4.69, 9.17) is 19.4 Å². The largest absolute Gasteiger partial charge is 0.456 e. The Kier molecular flexibility index (Phi) is 5.65. The minimum atomic E-state index is -0.130. The molecule has 0 radical (unpaired) electrons. The molecule has 0 fully saturated rings. The Bertz CT molecular complexity index is 2660. The number of nitrogens with zero attached hydrogens (tertiary/aromatic N) is 3. The van der Waals surface area contributed by atoms with Gasteiger partial charge in [0, 0.05) is 38.3 Å². The van der Waals surface area contributed by atoms with E-state index in [1.165, 1.54) is 44.5 Å². The zero-order valence-electron chi connectivity index (χ0n) is 27.9. The van der Waals surface area contributed by atoms with Crippen molar-refractivity contribution in [1.82, 2.24) is 15.0 Å². The van der Waals surface area contributed by atoms with Crippen molar-refractivity contribution in [2.45, 2.75) is 38.5 Å². The zero-order chi connectivity index (χ0) is 33.1. The smallest absolute Gasteiger partial charge is 0.164 e. The van der Waals surface area contributed by atoms with E-state index in [2.05, 4.69) is 125 Å². The van der Waals surface area contributed by atoms with Crippen molar-refractivity contribution in [2.24, 2.45) is 0 Å². The van der Waals surface area contributed by atoms with Crippen molar-refractivity contribution in [3.05, 3.63) is 150 Å². The molecule has 2 aliphatic carbocycles. The first kappa shape index (κ1) is 28.2. The van der Waals surface area contributed by atoms with Gasteiger partial charge in [0.15, 0.2) is 17.5 Å². The van der Waals surface area contributed by atoms with Crippen molar-refractivity contribution in [3.8, 4) is 56.4 Å². The van der Waals surface area contributed by atoms with Gasteiger partial charge in [-0.1, -0.05) is 131 Å². The summed E-state index contributed by atoms with van der Waals surface area (Å²) < 4.78 is 6.59. The molecule has 0 amide bonds. The maximum atomic E-state index is 6.59. The molecule has 0 unspecified atom stereocenters. The van der Waals surface area contributed by atoms with E-state index in [0.717, 1.165) is 38.6 Å². The van der Waals surface area contributed by atoms with Gasteiger partial charge in [-0.05, 0) is 68.8 Å². The van der Waals surface area contributed by atoms with Gasteiger partial charge in [-0.25, -0.2) is 15.0 Å². The average Bonchev–Trinajstić information content (AvgIpc) is 3.70. The van der Waals surface area contributed by atoms with E-state index < -0.39 is 0 Å². The number of hydrogen-bond donors (Lipinski definition) is 0. The molecule has 2 heterocycles. The second-order valence-corrected chi connectivity index (χ2v) is 14.4. The Labute approximate surface area is 285 Å². The molecular formula is C45H33N3O. The van der Waals surface area contributed by atoms with Crippen LogP contribution in [-0.4, -0.2) is 15.0 Å². The van der Waals surface area contributed by atoms with E-state index in [1.807, 2.05) is 30.3 Å². The summed E-state index contributed by atoms with van der Waals surface area (Å²) >= 11 is 0. The molecule has 49 heavy (non-hydrogen) atoms. The molecule has 2 aromatic heterocycles. The van der Waals surface area contributed by atoms with E-state index in [9.17, 15) is 0 Å². The molecule has 4 nitrogen and oxygen atoms in total. The fourth-order valence-corrected chi connectivity index (χ4v) is 8.39. The standard InChI is InChI=1S/C45H33N3O/c1-44(2)34-18-10-8-15-28(34)30-22-21-27(23-36(30)44)42-46-41(26-13-6-5-7-14-26)47-43(48-42)31-17-12-20-38-40(31)33-24-32-29-16-9-11-19-35(29)45(3,4)37(32)25-39(33)49-38/h5-25H,1-4H3. The second-order valence-electron chi connectivity index (χ2n) is 14.4. The SMILES string of the molecule is CC1(C)c2ccccc2-c2ccc(-c3nc(-c4ccccc4)nc(-c4cccc5oc6cc7c(cc6c45)-c4ccccc4C7(C)C)n3)cc21. The van der Waals surface area contributed by atoms with Crippen LogP contribution in [0.15, 0.2) is 132 Å². The number of benzene rings is 6. The summed E-state index contributed by atoms with van der Waals surface area (Å²) in [4.78, 5) is 15.5. The van der Waals surface area contributed by atoms with Crippen LogP contribution in [0.4, 0.5) is 0 Å². The van der Waals surface area contributed by atoms with Gasteiger partial charge in [0.2, 0.25) is 0 Å². The highest BCUT2D eigenvalue weighted by molar-refractivity contribution is 6.13. The number of fused-ring (bicyclic) bond motifs is 9. The highest BCUT2D eigenvalue weighted by Gasteiger charge is 2.37. The summed E-state index contributed by atoms with van der Waals surface area (Å²) in [7, 11) is 0. The van der Waals surface area contributed by atoms with Gasteiger partial charge in [-0.2, -0.15) is 0 Å². The summed E-state index contributed by atoms with van der Waals surface area (Å²) in [5.74, 6) is 1.92. The monoisotopic (exact) mass is 631 g/mol. The van der Waals surface area contributed by atoms with Gasteiger partial charge in [0.05, 0.1) is 0 Å². The molecule has 234 valence electrons. The van der Waals surface area contributed by atoms with Gasteiger partial charge in [-0.3, -0.25) is 0 Å². The third-order valence-electron chi connectivity index (χ3n) is 10.9. The third kappa shape index (κ3) is 3.95. The van der Waals surface area contributed by atoms with Gasteiger partial charge in [-0.15, -0.1) is 0 Å². The summed E-state index contributed by atoms with van der Waals surface area (Å²) in [5, 5.41) is 2.08. The number of aromatic nitrogens is 3. The van der Waals surface area contributed by atoms with Crippen molar-refractivity contribution in [3.63, 3.8) is 0 Å².